The van der Waals surface area contributed by atoms with Gasteiger partial charge in [-0.3, -0.25) is 4.79 Å². The van der Waals surface area contributed by atoms with E-state index in [9.17, 15) is 4.79 Å². The Morgan fingerprint density at radius 3 is 2.48 bits per heavy atom. The molecule has 0 saturated heterocycles. The minimum Gasteiger partial charge on any atom is -0.492 e. The van der Waals surface area contributed by atoms with Crippen LogP contribution in [0.15, 0.2) is 46.9 Å². The van der Waals surface area contributed by atoms with Crippen molar-refractivity contribution >= 4 is 39.9 Å². The van der Waals surface area contributed by atoms with E-state index in [1.54, 1.807) is 24.3 Å². The molecule has 5 nitrogen and oxygen atoms in total. The summed E-state index contributed by atoms with van der Waals surface area (Å²) in [5, 5.41) is 2.82. The molecule has 0 bridgehead atoms. The smallest absolute Gasteiger partial charge is 0.227 e. The summed E-state index contributed by atoms with van der Waals surface area (Å²) < 4.78 is 11.9. The second-order valence-corrected chi connectivity index (χ2v) is 6.10. The van der Waals surface area contributed by atoms with E-state index in [1.807, 2.05) is 25.1 Å². The summed E-state index contributed by atoms with van der Waals surface area (Å²) in [6.45, 7) is 3.26. The lowest BCUT2D eigenvalue weighted by Gasteiger charge is -2.10. The van der Waals surface area contributed by atoms with Gasteiger partial charge in [-0.05, 0) is 64.8 Å². The maximum Gasteiger partial charge on any atom is 0.227 e. The zero-order chi connectivity index (χ0) is 17.4. The zero-order valence-corrected chi connectivity index (χ0v) is 16.4. The number of halogens is 2. The van der Waals surface area contributed by atoms with Gasteiger partial charge in [0.1, 0.15) is 18.1 Å². The highest BCUT2D eigenvalue weighted by Gasteiger charge is 2.05. The Kier molecular flexibility index (Phi) is 9.34. The van der Waals surface area contributed by atoms with Gasteiger partial charge in [-0.2, -0.15) is 0 Å². The Morgan fingerprint density at radius 1 is 1.12 bits per heavy atom. The predicted octanol–water partition coefficient (Wildman–Crippen LogP) is 3.92. The van der Waals surface area contributed by atoms with Crippen molar-refractivity contribution in [1.29, 1.82) is 0 Å². The molecule has 0 unspecified atom stereocenters. The lowest BCUT2D eigenvalue weighted by molar-refractivity contribution is -0.116. The van der Waals surface area contributed by atoms with Crippen molar-refractivity contribution in [3.63, 3.8) is 0 Å². The van der Waals surface area contributed by atoms with Crippen LogP contribution in [0.25, 0.3) is 0 Å². The van der Waals surface area contributed by atoms with Gasteiger partial charge in [-0.25, -0.2) is 0 Å². The van der Waals surface area contributed by atoms with Crippen LogP contribution in [0.4, 0.5) is 5.69 Å². The number of hydrogen-bond donors (Lipinski definition) is 2. The maximum absolute atomic E-state index is 11.9. The third-order valence-corrected chi connectivity index (χ3v) is 3.82. The number of amides is 1. The lowest BCUT2D eigenvalue weighted by atomic mass is 10.2. The van der Waals surface area contributed by atoms with Gasteiger partial charge in [0.2, 0.25) is 5.91 Å². The zero-order valence-electron chi connectivity index (χ0n) is 14.0. The van der Waals surface area contributed by atoms with Crippen LogP contribution in [-0.4, -0.2) is 25.7 Å². The van der Waals surface area contributed by atoms with Crippen LogP contribution >= 0.6 is 28.3 Å². The van der Waals surface area contributed by atoms with Gasteiger partial charge in [0.25, 0.3) is 0 Å². The van der Waals surface area contributed by atoms with E-state index in [2.05, 4.69) is 21.2 Å². The Morgan fingerprint density at radius 2 is 1.84 bits per heavy atom. The number of carbonyl (C=O) groups excluding carboxylic acids is 1. The van der Waals surface area contributed by atoms with Gasteiger partial charge in [-0.1, -0.05) is 6.07 Å². The molecule has 0 aliphatic rings. The molecule has 0 aromatic heterocycles. The fourth-order valence-corrected chi connectivity index (χ4v) is 2.62. The Labute approximate surface area is 162 Å². The van der Waals surface area contributed by atoms with Crippen LogP contribution in [0.5, 0.6) is 11.5 Å². The van der Waals surface area contributed by atoms with Gasteiger partial charge >= 0.3 is 0 Å². The standard InChI is InChI=1S/C18H21BrN2O3.ClH/c1-13-2-7-17(16(19)12-13)24-10-8-18(22)21-14-3-5-15(6-4-14)23-11-9-20;/h2-7,12H,8-11,20H2,1H3,(H,21,22);1H. The largest absolute Gasteiger partial charge is 0.492 e. The molecular weight excluding hydrogens is 408 g/mol. The molecule has 0 aliphatic carbocycles. The molecule has 0 saturated carbocycles. The molecule has 0 fully saturated rings. The first-order valence-corrected chi connectivity index (χ1v) is 8.49. The first-order valence-electron chi connectivity index (χ1n) is 7.70. The van der Waals surface area contributed by atoms with Crippen LogP contribution in [0.1, 0.15) is 12.0 Å². The normalized spacial score (nSPS) is 9.88. The van der Waals surface area contributed by atoms with Gasteiger partial charge in [-0.15, -0.1) is 12.4 Å². The molecule has 136 valence electrons. The van der Waals surface area contributed by atoms with E-state index in [0.717, 1.165) is 27.2 Å². The quantitative estimate of drug-likeness (QED) is 0.667. The molecule has 3 N–H and O–H groups in total. The molecule has 25 heavy (non-hydrogen) atoms. The van der Waals surface area contributed by atoms with Crippen LogP contribution in [0, 0.1) is 6.92 Å². The first kappa shape index (κ1) is 21.3. The van der Waals surface area contributed by atoms with Crippen molar-refractivity contribution in [3.8, 4) is 11.5 Å². The average molecular weight is 430 g/mol. The van der Waals surface area contributed by atoms with E-state index in [1.165, 1.54) is 0 Å². The molecule has 0 heterocycles. The number of carbonyl (C=O) groups is 1. The second kappa shape index (κ2) is 11.0. The third-order valence-electron chi connectivity index (χ3n) is 3.20. The summed E-state index contributed by atoms with van der Waals surface area (Å²) in [4.78, 5) is 11.9. The minimum absolute atomic E-state index is 0. The molecule has 7 heteroatoms. The second-order valence-electron chi connectivity index (χ2n) is 5.24. The molecule has 0 radical (unpaired) electrons. The molecule has 2 aromatic carbocycles. The highest BCUT2D eigenvalue weighted by atomic mass is 79.9. The fraction of sp³-hybridized carbons (Fsp3) is 0.278. The number of hydrogen-bond acceptors (Lipinski definition) is 4. The number of nitrogens with two attached hydrogens (primary N) is 1. The predicted molar refractivity (Wildman–Crippen MR) is 106 cm³/mol. The summed E-state index contributed by atoms with van der Waals surface area (Å²) in [5.74, 6) is 1.36. The Balaban J connectivity index is 0.00000312. The number of anilines is 1. The number of rotatable bonds is 8. The van der Waals surface area contributed by atoms with Gasteiger partial charge in [0, 0.05) is 12.2 Å². The van der Waals surface area contributed by atoms with Crippen molar-refractivity contribution in [1.82, 2.24) is 0 Å². The van der Waals surface area contributed by atoms with E-state index in [-0.39, 0.29) is 24.7 Å². The van der Waals surface area contributed by atoms with Crippen molar-refractivity contribution in [2.75, 3.05) is 25.1 Å². The Hall–Kier alpha value is -1.76. The van der Waals surface area contributed by atoms with Crippen molar-refractivity contribution in [2.45, 2.75) is 13.3 Å². The number of aryl methyl sites for hydroxylation is 1. The topological polar surface area (TPSA) is 73.6 Å². The molecule has 0 aliphatic heterocycles. The van der Waals surface area contributed by atoms with Gasteiger partial charge in [0.15, 0.2) is 0 Å². The van der Waals surface area contributed by atoms with E-state index in [0.29, 0.717) is 19.8 Å². The maximum atomic E-state index is 11.9. The summed E-state index contributed by atoms with van der Waals surface area (Å²) in [5.41, 5.74) is 7.24. The highest BCUT2D eigenvalue weighted by molar-refractivity contribution is 9.10. The lowest BCUT2D eigenvalue weighted by Crippen LogP contribution is -2.15. The SMILES string of the molecule is Cc1ccc(OCCC(=O)Nc2ccc(OCCN)cc2)c(Br)c1.Cl. The monoisotopic (exact) mass is 428 g/mol. The summed E-state index contributed by atoms with van der Waals surface area (Å²) in [6, 6.07) is 13.0. The summed E-state index contributed by atoms with van der Waals surface area (Å²) in [6.07, 6.45) is 0.270. The van der Waals surface area contributed by atoms with Crippen molar-refractivity contribution < 1.29 is 14.3 Å². The third kappa shape index (κ3) is 7.34. The van der Waals surface area contributed by atoms with Gasteiger partial charge in [0.05, 0.1) is 17.5 Å². The molecule has 1 amide bonds. The molecule has 2 aromatic rings. The van der Waals surface area contributed by atoms with Crippen LogP contribution in [0.3, 0.4) is 0 Å². The van der Waals surface area contributed by atoms with E-state index < -0.39 is 0 Å². The van der Waals surface area contributed by atoms with Gasteiger partial charge < -0.3 is 20.5 Å². The first-order chi connectivity index (χ1) is 11.6. The summed E-state index contributed by atoms with van der Waals surface area (Å²) in [7, 11) is 0. The van der Waals surface area contributed by atoms with E-state index >= 15 is 0 Å². The number of ether oxygens (including phenoxy) is 2. The molecule has 2 rings (SSSR count). The molecule has 0 spiro atoms. The van der Waals surface area contributed by atoms with Crippen LogP contribution in [0.2, 0.25) is 0 Å². The number of benzene rings is 2. The van der Waals surface area contributed by atoms with Crippen LogP contribution < -0.4 is 20.5 Å². The van der Waals surface area contributed by atoms with Crippen molar-refractivity contribution in [3.05, 3.63) is 52.5 Å². The average Bonchev–Trinajstić information content (AvgIpc) is 2.56. The summed E-state index contributed by atoms with van der Waals surface area (Å²) >= 11 is 3.45. The number of nitrogens with one attached hydrogen (secondary N) is 1. The fourth-order valence-electron chi connectivity index (χ4n) is 2.01. The molecule has 0 atom stereocenters. The Bertz CT molecular complexity index is 681. The van der Waals surface area contributed by atoms with Crippen molar-refractivity contribution in [2.24, 2.45) is 5.73 Å². The van der Waals surface area contributed by atoms with Crippen LogP contribution in [-0.2, 0) is 4.79 Å². The van der Waals surface area contributed by atoms with E-state index in [4.69, 9.17) is 15.2 Å². The minimum atomic E-state index is -0.103. The molecular formula is C18H22BrClN2O3. The highest BCUT2D eigenvalue weighted by Crippen LogP contribution is 2.25.